The molecule has 0 aliphatic rings. The first kappa shape index (κ1) is 20.1. The summed E-state index contributed by atoms with van der Waals surface area (Å²) in [6.45, 7) is -0.693. The highest BCUT2D eigenvalue weighted by molar-refractivity contribution is 8.13. The number of hydrogen-bond donors (Lipinski definition) is 0. The van der Waals surface area contributed by atoms with Gasteiger partial charge in [-0.1, -0.05) is 48.1 Å². The van der Waals surface area contributed by atoms with E-state index in [4.69, 9.17) is 55.7 Å². The Hall–Kier alpha value is 0.0600. The van der Waals surface area contributed by atoms with E-state index in [-0.39, 0.29) is 12.3 Å². The zero-order valence-corrected chi connectivity index (χ0v) is 15.7. The average molecular weight is 407 g/mol. The highest BCUT2D eigenvalue weighted by Gasteiger charge is 2.29. The van der Waals surface area contributed by atoms with Crippen molar-refractivity contribution in [2.24, 2.45) is 0 Å². The number of nitro benzene ring substituents is 1. The fourth-order valence-electron chi connectivity index (χ4n) is 1.43. The van der Waals surface area contributed by atoms with Gasteiger partial charge in [-0.2, -0.15) is 0 Å². The molecule has 124 valence electrons. The molecule has 0 saturated carbocycles. The number of nitro groups is 1. The molecular formula is C12H15Cl3NO4PS. The minimum atomic E-state index is -2.89. The van der Waals surface area contributed by atoms with Crippen LogP contribution in [0.5, 0.6) is 0 Å². The van der Waals surface area contributed by atoms with E-state index >= 15 is 0 Å². The Morgan fingerprint density at radius 2 is 1.86 bits per heavy atom. The second-order valence-corrected chi connectivity index (χ2v) is 10.3. The Morgan fingerprint density at radius 1 is 1.27 bits per heavy atom. The fraction of sp³-hybridized carbons (Fsp3) is 0.500. The number of non-ortho nitro benzene ring substituents is 1. The molecule has 1 aromatic rings. The molecule has 0 aliphatic heterocycles. The minimum absolute atomic E-state index is 0.0414. The van der Waals surface area contributed by atoms with Crippen LogP contribution in [0.25, 0.3) is 0 Å². The molecule has 0 spiro atoms. The lowest BCUT2D eigenvalue weighted by atomic mass is 10.3. The summed E-state index contributed by atoms with van der Waals surface area (Å²) in [5.74, 6) is 0. The largest absolute Gasteiger partial charge is 0.326 e. The van der Waals surface area contributed by atoms with Gasteiger partial charge in [0.15, 0.2) is 0 Å². The molecule has 5 nitrogen and oxygen atoms in total. The third-order valence-electron chi connectivity index (χ3n) is 2.53. The summed E-state index contributed by atoms with van der Waals surface area (Å²) in [7, 11) is 0. The molecule has 0 bridgehead atoms. The van der Waals surface area contributed by atoms with Gasteiger partial charge in [-0.3, -0.25) is 10.1 Å². The lowest BCUT2D eigenvalue weighted by molar-refractivity contribution is -0.384. The highest BCUT2D eigenvalue weighted by atomic mass is 35.6. The first-order chi connectivity index (χ1) is 10.2. The predicted octanol–water partition coefficient (Wildman–Crippen LogP) is 4.73. The first-order valence-corrected chi connectivity index (χ1v) is 10.2. The lowest BCUT2D eigenvalue weighted by Crippen LogP contribution is -2.17. The van der Waals surface area contributed by atoms with Crippen molar-refractivity contribution in [3.05, 3.63) is 34.4 Å². The van der Waals surface area contributed by atoms with Crippen LogP contribution in [-0.2, 0) is 20.9 Å². The van der Waals surface area contributed by atoms with Crippen LogP contribution in [0.15, 0.2) is 24.3 Å². The van der Waals surface area contributed by atoms with Crippen molar-refractivity contribution in [1.29, 1.82) is 0 Å². The molecular weight excluding hydrogens is 392 g/mol. The van der Waals surface area contributed by atoms with E-state index in [9.17, 15) is 10.1 Å². The molecule has 0 heterocycles. The van der Waals surface area contributed by atoms with E-state index in [1.807, 2.05) is 6.92 Å². The maximum atomic E-state index is 10.7. The van der Waals surface area contributed by atoms with Crippen LogP contribution in [0.2, 0.25) is 0 Å². The molecule has 10 heteroatoms. The van der Waals surface area contributed by atoms with E-state index in [0.29, 0.717) is 11.9 Å². The molecule has 0 N–H and O–H groups in total. The zero-order valence-electron chi connectivity index (χ0n) is 11.7. The van der Waals surface area contributed by atoms with Gasteiger partial charge >= 0.3 is 0 Å². The van der Waals surface area contributed by atoms with Crippen LogP contribution in [-0.4, -0.2) is 21.9 Å². The van der Waals surface area contributed by atoms with Crippen molar-refractivity contribution in [2.75, 3.05) is 13.2 Å². The Kier molecular flexibility index (Phi) is 8.03. The van der Waals surface area contributed by atoms with E-state index in [0.717, 1.165) is 12.8 Å². The summed E-state index contributed by atoms with van der Waals surface area (Å²) >= 11 is 22.5. The van der Waals surface area contributed by atoms with Crippen molar-refractivity contribution < 1.29 is 14.0 Å². The summed E-state index contributed by atoms with van der Waals surface area (Å²) in [5.41, 5.74) is -0.0414. The van der Waals surface area contributed by atoms with Crippen molar-refractivity contribution in [2.45, 2.75) is 23.6 Å². The Bertz CT molecular complexity index is 550. The molecule has 22 heavy (non-hydrogen) atoms. The fourth-order valence-corrected chi connectivity index (χ4v) is 4.19. The van der Waals surface area contributed by atoms with E-state index in [2.05, 4.69) is 0 Å². The molecule has 1 unspecified atom stereocenters. The molecule has 1 rings (SSSR count). The third-order valence-corrected chi connectivity index (χ3v) is 6.05. The second kappa shape index (κ2) is 8.78. The number of alkyl halides is 3. The van der Waals surface area contributed by atoms with Gasteiger partial charge in [0, 0.05) is 17.4 Å². The van der Waals surface area contributed by atoms with Gasteiger partial charge in [-0.05, 0) is 30.4 Å². The van der Waals surface area contributed by atoms with Gasteiger partial charge < -0.3 is 9.05 Å². The average Bonchev–Trinajstić information content (AvgIpc) is 2.45. The van der Waals surface area contributed by atoms with Gasteiger partial charge in [-0.15, -0.1) is 0 Å². The molecule has 1 aromatic carbocycles. The number of hydrogen-bond acceptors (Lipinski definition) is 5. The molecule has 0 aromatic heterocycles. The van der Waals surface area contributed by atoms with Crippen molar-refractivity contribution in [1.82, 2.24) is 0 Å². The smallest absolute Gasteiger partial charge is 0.269 e. The van der Waals surface area contributed by atoms with Gasteiger partial charge in [0.2, 0.25) is 10.3 Å². The first-order valence-electron chi connectivity index (χ1n) is 6.39. The van der Waals surface area contributed by atoms with Crippen LogP contribution in [0, 0.1) is 10.1 Å². The van der Waals surface area contributed by atoms with Gasteiger partial charge in [0.05, 0.1) is 11.5 Å². The van der Waals surface area contributed by atoms with E-state index < -0.39 is 15.2 Å². The Balaban J connectivity index is 2.97. The minimum Gasteiger partial charge on any atom is -0.326 e. The quantitative estimate of drug-likeness (QED) is 0.205. The van der Waals surface area contributed by atoms with Gasteiger partial charge in [-0.25, -0.2) is 0 Å². The Morgan fingerprint density at radius 3 is 2.32 bits per heavy atom. The number of rotatable bonds is 8. The van der Waals surface area contributed by atoms with Crippen LogP contribution in [0.3, 0.4) is 0 Å². The maximum absolute atomic E-state index is 10.7. The zero-order chi connectivity index (χ0) is 16.8. The maximum Gasteiger partial charge on any atom is 0.269 e. The molecule has 1 atom stereocenters. The Labute approximate surface area is 149 Å². The van der Waals surface area contributed by atoms with Gasteiger partial charge in [0.1, 0.15) is 6.61 Å². The SMILES string of the molecule is CCCCOP(=S)(OCC(Cl)(Cl)Cl)c1ccc([N+](=O)[O-])cc1. The number of unbranched alkanes of at least 4 members (excludes halogenated alkanes) is 1. The summed E-state index contributed by atoms with van der Waals surface area (Å²) in [5, 5.41) is 11.2. The van der Waals surface area contributed by atoms with Gasteiger partial charge in [0.25, 0.3) is 5.69 Å². The van der Waals surface area contributed by atoms with Crippen LogP contribution in [0.4, 0.5) is 5.69 Å². The van der Waals surface area contributed by atoms with Crippen LogP contribution in [0.1, 0.15) is 19.8 Å². The van der Waals surface area contributed by atoms with Crippen molar-refractivity contribution >= 4 is 64.1 Å². The normalized spacial score (nSPS) is 14.5. The number of nitrogens with zero attached hydrogens (tertiary/aromatic N) is 1. The second-order valence-electron chi connectivity index (χ2n) is 4.35. The summed E-state index contributed by atoms with van der Waals surface area (Å²) in [4.78, 5) is 10.2. The number of halogens is 3. The van der Waals surface area contributed by atoms with Crippen molar-refractivity contribution in [3.8, 4) is 0 Å². The summed E-state index contributed by atoms with van der Waals surface area (Å²) in [6.07, 6.45) is 1.74. The molecule has 0 aliphatic carbocycles. The van der Waals surface area contributed by atoms with E-state index in [1.165, 1.54) is 24.3 Å². The summed E-state index contributed by atoms with van der Waals surface area (Å²) < 4.78 is 9.66. The molecule has 0 saturated heterocycles. The lowest BCUT2D eigenvalue weighted by Gasteiger charge is -2.24. The molecule has 0 radical (unpaired) electrons. The molecule has 0 fully saturated rings. The van der Waals surface area contributed by atoms with Crippen LogP contribution >= 0.6 is 41.3 Å². The van der Waals surface area contributed by atoms with E-state index in [1.54, 1.807) is 0 Å². The monoisotopic (exact) mass is 405 g/mol. The highest BCUT2D eigenvalue weighted by Crippen LogP contribution is 2.49. The standard InChI is InChI=1S/C12H15Cl3NO4PS/c1-2-3-8-19-21(22,20-9-12(13,14)15)11-6-4-10(5-7-11)16(17)18/h4-7H,2-3,8-9H2,1H3. The molecule has 0 amide bonds. The van der Waals surface area contributed by atoms with Crippen LogP contribution < -0.4 is 5.30 Å². The summed E-state index contributed by atoms with van der Waals surface area (Å²) in [6, 6.07) is 5.73. The predicted molar refractivity (Wildman–Crippen MR) is 94.1 cm³/mol. The number of benzene rings is 1. The topological polar surface area (TPSA) is 61.6 Å². The van der Waals surface area contributed by atoms with Crippen molar-refractivity contribution in [3.63, 3.8) is 0 Å². The third kappa shape index (κ3) is 6.67.